The number of rotatable bonds is 3. The van der Waals surface area contributed by atoms with Crippen molar-refractivity contribution in [3.8, 4) is 0 Å². The maximum absolute atomic E-state index is 11.6. The van der Waals surface area contributed by atoms with E-state index >= 15 is 0 Å². The SMILES string of the molecule is O=C(O)C1(C2CCC2)CCOC1C1CC1. The van der Waals surface area contributed by atoms with Crippen LogP contribution >= 0.6 is 0 Å². The first kappa shape index (κ1) is 9.64. The summed E-state index contributed by atoms with van der Waals surface area (Å²) in [6.07, 6.45) is 6.52. The van der Waals surface area contributed by atoms with Crippen molar-refractivity contribution in [3.05, 3.63) is 0 Å². The molecule has 2 saturated carbocycles. The van der Waals surface area contributed by atoms with Crippen molar-refractivity contribution >= 4 is 5.97 Å². The Kier molecular flexibility index (Phi) is 2.06. The number of hydrogen-bond donors (Lipinski definition) is 1. The Morgan fingerprint density at radius 1 is 1.27 bits per heavy atom. The van der Waals surface area contributed by atoms with Gasteiger partial charge >= 0.3 is 5.97 Å². The normalized spacial score (nSPS) is 41.5. The molecule has 3 aliphatic rings. The molecule has 0 radical (unpaired) electrons. The van der Waals surface area contributed by atoms with Gasteiger partial charge in [-0.05, 0) is 43.9 Å². The van der Waals surface area contributed by atoms with Gasteiger partial charge in [0, 0.05) is 6.61 Å². The molecule has 3 rings (SSSR count). The van der Waals surface area contributed by atoms with E-state index in [1.807, 2.05) is 0 Å². The molecular weight excluding hydrogens is 192 g/mol. The lowest BCUT2D eigenvalue weighted by Crippen LogP contribution is -2.48. The van der Waals surface area contributed by atoms with Gasteiger partial charge in [0.05, 0.1) is 11.5 Å². The van der Waals surface area contributed by atoms with Crippen molar-refractivity contribution in [1.82, 2.24) is 0 Å². The summed E-state index contributed by atoms with van der Waals surface area (Å²) in [4.78, 5) is 11.6. The topological polar surface area (TPSA) is 46.5 Å². The van der Waals surface area contributed by atoms with Crippen LogP contribution in [0.4, 0.5) is 0 Å². The Balaban J connectivity index is 1.89. The lowest BCUT2D eigenvalue weighted by molar-refractivity contribution is -0.161. The number of ether oxygens (including phenoxy) is 1. The highest BCUT2D eigenvalue weighted by Crippen LogP contribution is 2.56. The van der Waals surface area contributed by atoms with Gasteiger partial charge in [0.1, 0.15) is 0 Å². The number of hydrogen-bond acceptors (Lipinski definition) is 2. The highest BCUT2D eigenvalue weighted by atomic mass is 16.5. The lowest BCUT2D eigenvalue weighted by Gasteiger charge is -2.42. The van der Waals surface area contributed by atoms with E-state index in [-0.39, 0.29) is 6.10 Å². The molecule has 84 valence electrons. The highest BCUT2D eigenvalue weighted by molar-refractivity contribution is 5.76. The van der Waals surface area contributed by atoms with Crippen LogP contribution in [0, 0.1) is 17.3 Å². The number of aliphatic carboxylic acids is 1. The third-order valence-electron chi connectivity index (χ3n) is 4.60. The Labute approximate surface area is 89.8 Å². The Hall–Kier alpha value is -0.570. The van der Waals surface area contributed by atoms with Crippen LogP contribution in [0.5, 0.6) is 0 Å². The second-order valence-electron chi connectivity index (χ2n) is 5.35. The molecule has 0 aromatic heterocycles. The van der Waals surface area contributed by atoms with Crippen LogP contribution in [0.3, 0.4) is 0 Å². The van der Waals surface area contributed by atoms with Gasteiger partial charge in [-0.15, -0.1) is 0 Å². The van der Waals surface area contributed by atoms with Gasteiger partial charge in [-0.1, -0.05) is 6.42 Å². The molecule has 0 spiro atoms. The molecule has 1 saturated heterocycles. The van der Waals surface area contributed by atoms with Gasteiger partial charge in [-0.25, -0.2) is 0 Å². The summed E-state index contributed by atoms with van der Waals surface area (Å²) in [5.41, 5.74) is -0.514. The molecule has 0 bridgehead atoms. The van der Waals surface area contributed by atoms with Crippen molar-refractivity contribution in [3.63, 3.8) is 0 Å². The molecule has 15 heavy (non-hydrogen) atoms. The first-order chi connectivity index (χ1) is 7.25. The summed E-state index contributed by atoms with van der Waals surface area (Å²) in [7, 11) is 0. The molecule has 1 aliphatic heterocycles. The zero-order valence-corrected chi connectivity index (χ0v) is 8.95. The van der Waals surface area contributed by atoms with Crippen LogP contribution < -0.4 is 0 Å². The van der Waals surface area contributed by atoms with E-state index in [2.05, 4.69) is 0 Å². The van der Waals surface area contributed by atoms with E-state index in [9.17, 15) is 9.90 Å². The van der Waals surface area contributed by atoms with E-state index in [1.54, 1.807) is 0 Å². The molecular formula is C12H18O3. The average Bonchev–Trinajstić information content (AvgIpc) is 2.85. The zero-order valence-electron chi connectivity index (χ0n) is 8.95. The highest BCUT2D eigenvalue weighted by Gasteiger charge is 2.60. The maximum Gasteiger partial charge on any atom is 0.312 e. The van der Waals surface area contributed by atoms with Gasteiger partial charge in [0.15, 0.2) is 0 Å². The van der Waals surface area contributed by atoms with Crippen LogP contribution in [0.25, 0.3) is 0 Å². The molecule has 0 aromatic carbocycles. The fourth-order valence-electron chi connectivity index (χ4n) is 3.36. The minimum atomic E-state index is -0.596. The summed E-state index contributed by atoms with van der Waals surface area (Å²) in [5.74, 6) is 0.342. The van der Waals surface area contributed by atoms with Crippen molar-refractivity contribution in [2.45, 2.75) is 44.6 Å². The third kappa shape index (κ3) is 1.25. The summed E-state index contributed by atoms with van der Waals surface area (Å²) in [6, 6.07) is 0. The fraction of sp³-hybridized carbons (Fsp3) is 0.917. The van der Waals surface area contributed by atoms with Crippen LogP contribution in [0.2, 0.25) is 0 Å². The summed E-state index contributed by atoms with van der Waals surface area (Å²) in [6.45, 7) is 0.657. The first-order valence-electron chi connectivity index (χ1n) is 6.10. The second-order valence-corrected chi connectivity index (χ2v) is 5.35. The number of carboxylic acid groups (broad SMARTS) is 1. The van der Waals surface area contributed by atoms with E-state index < -0.39 is 11.4 Å². The molecule has 2 aliphatic carbocycles. The van der Waals surface area contributed by atoms with Crippen LogP contribution in [-0.2, 0) is 9.53 Å². The predicted molar refractivity (Wildman–Crippen MR) is 54.5 cm³/mol. The standard InChI is InChI=1S/C12H18O3/c13-11(14)12(9-2-1-3-9)6-7-15-10(12)8-4-5-8/h8-10H,1-7H2,(H,13,14). The molecule has 0 amide bonds. The van der Waals surface area contributed by atoms with Gasteiger partial charge < -0.3 is 9.84 Å². The Bertz CT molecular complexity index is 281. The zero-order chi connectivity index (χ0) is 10.5. The third-order valence-corrected chi connectivity index (χ3v) is 4.60. The maximum atomic E-state index is 11.6. The monoisotopic (exact) mass is 210 g/mol. The summed E-state index contributed by atoms with van der Waals surface area (Å²) >= 11 is 0. The largest absolute Gasteiger partial charge is 0.481 e. The Morgan fingerprint density at radius 2 is 2.00 bits per heavy atom. The van der Waals surface area contributed by atoms with Crippen molar-refractivity contribution in [2.24, 2.45) is 17.3 Å². The van der Waals surface area contributed by atoms with E-state index in [1.165, 1.54) is 19.3 Å². The van der Waals surface area contributed by atoms with E-state index in [0.29, 0.717) is 18.4 Å². The van der Waals surface area contributed by atoms with Gasteiger partial charge in [0.2, 0.25) is 0 Å². The summed E-state index contributed by atoms with van der Waals surface area (Å²) in [5, 5.41) is 9.57. The predicted octanol–water partition coefficient (Wildman–Crippen LogP) is 2.06. The van der Waals surface area contributed by atoms with Crippen molar-refractivity contribution in [1.29, 1.82) is 0 Å². The van der Waals surface area contributed by atoms with Crippen molar-refractivity contribution < 1.29 is 14.6 Å². The van der Waals surface area contributed by atoms with Crippen LogP contribution in [0.15, 0.2) is 0 Å². The molecule has 0 aromatic rings. The molecule has 3 nitrogen and oxygen atoms in total. The molecule has 2 unspecified atom stereocenters. The van der Waals surface area contributed by atoms with Crippen LogP contribution in [-0.4, -0.2) is 23.8 Å². The van der Waals surface area contributed by atoms with E-state index in [4.69, 9.17) is 4.74 Å². The fourth-order valence-corrected chi connectivity index (χ4v) is 3.36. The minimum Gasteiger partial charge on any atom is -0.481 e. The lowest BCUT2D eigenvalue weighted by atomic mass is 9.61. The van der Waals surface area contributed by atoms with E-state index in [0.717, 1.165) is 19.3 Å². The summed E-state index contributed by atoms with van der Waals surface area (Å²) < 4.78 is 5.73. The number of carboxylic acids is 1. The van der Waals surface area contributed by atoms with Crippen LogP contribution in [0.1, 0.15) is 38.5 Å². The smallest absolute Gasteiger partial charge is 0.312 e. The first-order valence-corrected chi connectivity index (χ1v) is 6.10. The molecule has 1 N–H and O–H groups in total. The molecule has 1 heterocycles. The minimum absolute atomic E-state index is 0.0281. The molecule has 3 fully saturated rings. The van der Waals surface area contributed by atoms with Gasteiger partial charge in [-0.3, -0.25) is 4.79 Å². The molecule has 3 heteroatoms. The van der Waals surface area contributed by atoms with Crippen molar-refractivity contribution in [2.75, 3.05) is 6.61 Å². The average molecular weight is 210 g/mol. The van der Waals surface area contributed by atoms with Gasteiger partial charge in [-0.2, -0.15) is 0 Å². The quantitative estimate of drug-likeness (QED) is 0.775. The molecule has 2 atom stereocenters. The second kappa shape index (κ2) is 3.21. The van der Waals surface area contributed by atoms with Gasteiger partial charge in [0.25, 0.3) is 0 Å². The number of carbonyl (C=O) groups is 1. The Morgan fingerprint density at radius 3 is 2.47 bits per heavy atom.